The first kappa shape index (κ1) is 17.0. The Kier molecular flexibility index (Phi) is 4.78. The van der Waals surface area contributed by atoms with E-state index in [-0.39, 0.29) is 6.10 Å². The van der Waals surface area contributed by atoms with Crippen LogP contribution in [-0.4, -0.2) is 34.1 Å². The molecule has 0 bridgehead atoms. The van der Waals surface area contributed by atoms with Gasteiger partial charge in [0.05, 0.1) is 50.7 Å². The van der Waals surface area contributed by atoms with Crippen molar-refractivity contribution in [3.05, 3.63) is 44.5 Å². The summed E-state index contributed by atoms with van der Waals surface area (Å²) in [5.41, 5.74) is 2.48. The number of nitrogens with zero attached hydrogens (tertiary/aromatic N) is 4. The maximum Gasteiger partial charge on any atom is 0.147 e. The van der Waals surface area contributed by atoms with Gasteiger partial charge in [0.15, 0.2) is 0 Å². The van der Waals surface area contributed by atoms with Crippen LogP contribution in [0.15, 0.2) is 23.7 Å². The van der Waals surface area contributed by atoms with Crippen LogP contribution >= 0.6 is 34.5 Å². The van der Waals surface area contributed by atoms with Crippen molar-refractivity contribution in [3.8, 4) is 0 Å². The Labute approximate surface area is 159 Å². The van der Waals surface area contributed by atoms with Crippen LogP contribution in [0, 0.1) is 6.92 Å². The molecule has 8 heteroatoms. The summed E-state index contributed by atoms with van der Waals surface area (Å²) in [6.07, 6.45) is 2.91. The molecule has 1 aliphatic rings. The molecule has 4 rings (SSSR count). The fourth-order valence-corrected chi connectivity index (χ4v) is 3.81. The first-order valence-corrected chi connectivity index (χ1v) is 9.61. The number of fused-ring (bicyclic) bond motifs is 1. The maximum absolute atomic E-state index is 6.09. The summed E-state index contributed by atoms with van der Waals surface area (Å²) in [6, 6.07) is 3.49. The molecule has 5 nitrogen and oxygen atoms in total. The average Bonchev–Trinajstić information content (AvgIpc) is 3.22. The number of benzene rings is 1. The summed E-state index contributed by atoms with van der Waals surface area (Å²) in [4.78, 5) is 15.7. The SMILES string of the molecule is Cc1nc(CO[C@H]2CCN(c3cnc4cc(Cl)c(Cl)cc4n3)C2)cs1. The van der Waals surface area contributed by atoms with Gasteiger partial charge in [-0.3, -0.25) is 4.98 Å². The molecule has 1 atom stereocenters. The Bertz CT molecular complexity index is 917. The van der Waals surface area contributed by atoms with Gasteiger partial charge in [0.25, 0.3) is 0 Å². The van der Waals surface area contributed by atoms with E-state index in [9.17, 15) is 0 Å². The fraction of sp³-hybridized carbons (Fsp3) is 0.353. The summed E-state index contributed by atoms with van der Waals surface area (Å²) >= 11 is 13.8. The minimum absolute atomic E-state index is 0.174. The molecule has 1 fully saturated rings. The number of hydrogen-bond acceptors (Lipinski definition) is 6. The highest BCUT2D eigenvalue weighted by molar-refractivity contribution is 7.09. The second-order valence-corrected chi connectivity index (χ2v) is 7.89. The molecular formula is C17H16Cl2N4OS. The lowest BCUT2D eigenvalue weighted by atomic mass is 10.3. The number of aryl methyl sites for hydroxylation is 1. The third kappa shape index (κ3) is 3.72. The molecule has 2 aromatic heterocycles. The second kappa shape index (κ2) is 7.03. The third-order valence-corrected chi connectivity index (χ3v) is 5.72. The molecule has 3 heterocycles. The van der Waals surface area contributed by atoms with Gasteiger partial charge < -0.3 is 9.64 Å². The van der Waals surface area contributed by atoms with E-state index in [0.29, 0.717) is 16.7 Å². The lowest BCUT2D eigenvalue weighted by molar-refractivity contribution is 0.0535. The topological polar surface area (TPSA) is 51.1 Å². The zero-order valence-electron chi connectivity index (χ0n) is 13.6. The van der Waals surface area contributed by atoms with Crippen LogP contribution in [0.5, 0.6) is 0 Å². The molecule has 25 heavy (non-hydrogen) atoms. The van der Waals surface area contributed by atoms with Gasteiger partial charge in [-0.15, -0.1) is 11.3 Å². The molecule has 0 unspecified atom stereocenters. The van der Waals surface area contributed by atoms with Gasteiger partial charge in [-0.1, -0.05) is 23.2 Å². The zero-order chi connectivity index (χ0) is 17.4. The molecule has 1 aromatic carbocycles. The molecule has 1 aliphatic heterocycles. The number of aromatic nitrogens is 3. The van der Waals surface area contributed by atoms with Gasteiger partial charge in [0.1, 0.15) is 5.82 Å². The van der Waals surface area contributed by atoms with E-state index in [1.165, 1.54) is 0 Å². The van der Waals surface area contributed by atoms with Crippen LogP contribution in [0.25, 0.3) is 11.0 Å². The van der Waals surface area contributed by atoms with E-state index in [4.69, 9.17) is 27.9 Å². The van der Waals surface area contributed by atoms with Gasteiger partial charge in [-0.25, -0.2) is 9.97 Å². The lowest BCUT2D eigenvalue weighted by Gasteiger charge is -2.17. The van der Waals surface area contributed by atoms with E-state index >= 15 is 0 Å². The molecular weight excluding hydrogens is 379 g/mol. The largest absolute Gasteiger partial charge is 0.370 e. The lowest BCUT2D eigenvalue weighted by Crippen LogP contribution is -2.23. The molecule has 3 aromatic rings. The smallest absolute Gasteiger partial charge is 0.147 e. The first-order valence-electron chi connectivity index (χ1n) is 7.98. The quantitative estimate of drug-likeness (QED) is 0.651. The second-order valence-electron chi connectivity index (χ2n) is 6.01. The van der Waals surface area contributed by atoms with E-state index in [1.807, 2.05) is 12.3 Å². The normalized spacial score (nSPS) is 17.6. The van der Waals surface area contributed by atoms with Crippen molar-refractivity contribution in [1.29, 1.82) is 0 Å². The summed E-state index contributed by atoms with van der Waals surface area (Å²) in [5.74, 6) is 0.835. The van der Waals surface area contributed by atoms with Gasteiger partial charge in [0.2, 0.25) is 0 Å². The van der Waals surface area contributed by atoms with E-state index in [0.717, 1.165) is 47.1 Å². The first-order chi connectivity index (χ1) is 12.1. The Morgan fingerprint density at radius 1 is 1.24 bits per heavy atom. The van der Waals surface area contributed by atoms with Crippen LogP contribution in [0.4, 0.5) is 5.82 Å². The average molecular weight is 395 g/mol. The molecule has 0 aliphatic carbocycles. The van der Waals surface area contributed by atoms with Crippen LogP contribution < -0.4 is 4.90 Å². The summed E-state index contributed by atoms with van der Waals surface area (Å²) < 4.78 is 5.99. The highest BCUT2D eigenvalue weighted by Crippen LogP contribution is 2.28. The fourth-order valence-electron chi connectivity index (χ4n) is 2.90. The van der Waals surface area contributed by atoms with E-state index < -0.39 is 0 Å². The zero-order valence-corrected chi connectivity index (χ0v) is 15.9. The van der Waals surface area contributed by atoms with Crippen molar-refractivity contribution < 1.29 is 4.74 Å². The van der Waals surface area contributed by atoms with Crippen molar-refractivity contribution >= 4 is 51.4 Å². The minimum atomic E-state index is 0.174. The van der Waals surface area contributed by atoms with Crippen LogP contribution in [0.3, 0.4) is 0 Å². The molecule has 0 saturated carbocycles. The Morgan fingerprint density at radius 3 is 2.80 bits per heavy atom. The van der Waals surface area contributed by atoms with Crippen molar-refractivity contribution in [1.82, 2.24) is 15.0 Å². The maximum atomic E-state index is 6.09. The predicted octanol–water partition coefficient (Wildman–Crippen LogP) is 4.50. The number of thiazole rings is 1. The minimum Gasteiger partial charge on any atom is -0.370 e. The standard InChI is InChI=1S/C17H16Cl2N4OS/c1-10-21-11(9-25-10)8-24-12-2-3-23(7-12)17-6-20-15-4-13(18)14(19)5-16(15)22-17/h4-6,9,12H,2-3,7-8H2,1H3/t12-/m0/s1. The number of ether oxygens (including phenoxy) is 1. The number of hydrogen-bond donors (Lipinski definition) is 0. The van der Waals surface area contributed by atoms with E-state index in [2.05, 4.69) is 19.9 Å². The Balaban J connectivity index is 1.44. The van der Waals surface area contributed by atoms with Crippen LogP contribution in [0.1, 0.15) is 17.1 Å². The number of anilines is 1. The molecule has 1 saturated heterocycles. The molecule has 0 amide bonds. The number of halogens is 2. The van der Waals surface area contributed by atoms with Crippen LogP contribution in [0.2, 0.25) is 10.0 Å². The number of rotatable bonds is 4. The van der Waals surface area contributed by atoms with Crippen molar-refractivity contribution in [2.75, 3.05) is 18.0 Å². The molecule has 0 N–H and O–H groups in total. The van der Waals surface area contributed by atoms with E-state index in [1.54, 1.807) is 29.7 Å². The monoisotopic (exact) mass is 394 g/mol. The predicted molar refractivity (Wildman–Crippen MR) is 102 cm³/mol. The summed E-state index contributed by atoms with van der Waals surface area (Å²) in [6.45, 7) is 4.25. The van der Waals surface area contributed by atoms with Crippen molar-refractivity contribution in [3.63, 3.8) is 0 Å². The summed E-state index contributed by atoms with van der Waals surface area (Å²) in [7, 11) is 0. The van der Waals surface area contributed by atoms with Gasteiger partial charge >= 0.3 is 0 Å². The van der Waals surface area contributed by atoms with Crippen LogP contribution in [-0.2, 0) is 11.3 Å². The van der Waals surface area contributed by atoms with Gasteiger partial charge in [-0.2, -0.15) is 0 Å². The third-order valence-electron chi connectivity index (χ3n) is 4.17. The van der Waals surface area contributed by atoms with Gasteiger partial charge in [-0.05, 0) is 25.5 Å². The molecule has 0 spiro atoms. The molecule has 0 radical (unpaired) electrons. The molecule has 130 valence electrons. The highest BCUT2D eigenvalue weighted by Gasteiger charge is 2.25. The van der Waals surface area contributed by atoms with Crippen molar-refractivity contribution in [2.45, 2.75) is 26.1 Å². The van der Waals surface area contributed by atoms with Crippen molar-refractivity contribution in [2.24, 2.45) is 0 Å². The van der Waals surface area contributed by atoms with Gasteiger partial charge in [0, 0.05) is 18.5 Å². The Hall–Kier alpha value is -1.47. The highest BCUT2D eigenvalue weighted by atomic mass is 35.5. The summed E-state index contributed by atoms with van der Waals surface area (Å²) in [5, 5.41) is 4.09. The Morgan fingerprint density at radius 2 is 2.04 bits per heavy atom.